The highest BCUT2D eigenvalue weighted by atomic mass is 19.4. The molecule has 0 saturated carbocycles. The van der Waals surface area contributed by atoms with Crippen molar-refractivity contribution in [1.82, 2.24) is 9.88 Å². The summed E-state index contributed by atoms with van der Waals surface area (Å²) in [7, 11) is 0. The van der Waals surface area contributed by atoms with Crippen molar-refractivity contribution in [2.24, 2.45) is 11.1 Å². The summed E-state index contributed by atoms with van der Waals surface area (Å²) in [5.74, 6) is -0.346. The van der Waals surface area contributed by atoms with Gasteiger partial charge in [-0.2, -0.15) is 13.2 Å². The van der Waals surface area contributed by atoms with Crippen molar-refractivity contribution in [3.8, 4) is 0 Å². The SMILES string of the molecule is CC(C)C(=O)N(Cc1ccc(C(F)(F)F)cc1)C[C@@H]1CC(c2ccccn2)=NO1. The first-order chi connectivity index (χ1) is 13.7. The molecule has 0 unspecified atom stereocenters. The summed E-state index contributed by atoms with van der Waals surface area (Å²) in [6.07, 6.45) is -2.54. The van der Waals surface area contributed by atoms with Gasteiger partial charge in [-0.25, -0.2) is 0 Å². The minimum Gasteiger partial charge on any atom is -0.390 e. The van der Waals surface area contributed by atoms with Crippen molar-refractivity contribution < 1.29 is 22.8 Å². The molecule has 5 nitrogen and oxygen atoms in total. The Hall–Kier alpha value is -2.90. The summed E-state index contributed by atoms with van der Waals surface area (Å²) in [5, 5.41) is 4.08. The lowest BCUT2D eigenvalue weighted by atomic mass is 10.1. The first-order valence-electron chi connectivity index (χ1n) is 9.33. The molecule has 0 spiro atoms. The van der Waals surface area contributed by atoms with Crippen LogP contribution in [0, 0.1) is 5.92 Å². The average Bonchev–Trinajstić information content (AvgIpc) is 3.16. The topological polar surface area (TPSA) is 54.8 Å². The molecule has 1 aliphatic heterocycles. The molecular weight excluding hydrogens is 383 g/mol. The highest BCUT2D eigenvalue weighted by molar-refractivity contribution is 5.99. The van der Waals surface area contributed by atoms with Crippen LogP contribution in [0.1, 0.15) is 37.1 Å². The van der Waals surface area contributed by atoms with Crippen LogP contribution in [0.5, 0.6) is 0 Å². The molecule has 8 heteroatoms. The van der Waals surface area contributed by atoms with Gasteiger partial charge >= 0.3 is 6.18 Å². The number of hydrogen-bond acceptors (Lipinski definition) is 4. The lowest BCUT2D eigenvalue weighted by Crippen LogP contribution is -2.39. The van der Waals surface area contributed by atoms with Gasteiger partial charge in [0.25, 0.3) is 0 Å². The van der Waals surface area contributed by atoms with E-state index in [1.54, 1.807) is 24.9 Å². The van der Waals surface area contributed by atoms with E-state index < -0.39 is 11.7 Å². The van der Waals surface area contributed by atoms with Crippen molar-refractivity contribution in [3.63, 3.8) is 0 Å². The first-order valence-corrected chi connectivity index (χ1v) is 9.33. The molecule has 0 fully saturated rings. The lowest BCUT2D eigenvalue weighted by molar-refractivity contribution is -0.138. The number of aromatic nitrogens is 1. The molecule has 1 atom stereocenters. The van der Waals surface area contributed by atoms with Crippen LogP contribution >= 0.6 is 0 Å². The Balaban J connectivity index is 1.68. The third-order valence-corrected chi connectivity index (χ3v) is 4.58. The molecule has 1 aromatic heterocycles. The molecule has 0 bridgehead atoms. The number of pyridine rings is 1. The summed E-state index contributed by atoms with van der Waals surface area (Å²) in [6.45, 7) is 4.06. The zero-order valence-electron chi connectivity index (χ0n) is 16.2. The molecule has 1 aromatic carbocycles. The maximum Gasteiger partial charge on any atom is 0.416 e. The summed E-state index contributed by atoms with van der Waals surface area (Å²) in [6, 6.07) is 10.4. The van der Waals surface area contributed by atoms with Gasteiger partial charge in [0.05, 0.1) is 17.8 Å². The van der Waals surface area contributed by atoms with Crippen molar-refractivity contribution in [2.45, 2.75) is 39.1 Å². The van der Waals surface area contributed by atoms with Crippen molar-refractivity contribution in [3.05, 3.63) is 65.5 Å². The van der Waals surface area contributed by atoms with E-state index in [1.165, 1.54) is 12.1 Å². The second-order valence-corrected chi connectivity index (χ2v) is 7.25. The molecule has 0 saturated heterocycles. The Kier molecular flexibility index (Phi) is 6.20. The van der Waals surface area contributed by atoms with Crippen LogP contribution in [-0.4, -0.2) is 34.2 Å². The fourth-order valence-corrected chi connectivity index (χ4v) is 3.07. The highest BCUT2D eigenvalue weighted by Crippen LogP contribution is 2.29. The Labute approximate surface area is 167 Å². The fourth-order valence-electron chi connectivity index (χ4n) is 3.07. The van der Waals surface area contributed by atoms with Gasteiger partial charge in [-0.05, 0) is 29.8 Å². The van der Waals surface area contributed by atoms with E-state index >= 15 is 0 Å². The maximum atomic E-state index is 12.8. The normalized spacial score (nSPS) is 16.5. The number of nitrogens with zero attached hydrogens (tertiary/aromatic N) is 3. The zero-order valence-corrected chi connectivity index (χ0v) is 16.2. The number of halogens is 3. The minimum absolute atomic E-state index is 0.0974. The van der Waals surface area contributed by atoms with Gasteiger partial charge in [0, 0.05) is 25.1 Å². The van der Waals surface area contributed by atoms with Gasteiger partial charge in [-0.1, -0.05) is 37.2 Å². The fraction of sp³-hybridized carbons (Fsp3) is 0.381. The summed E-state index contributed by atoms with van der Waals surface area (Å²) < 4.78 is 38.3. The number of alkyl halides is 3. The molecule has 1 aliphatic rings. The third kappa shape index (κ3) is 5.34. The molecule has 0 aliphatic carbocycles. The number of amides is 1. The van der Waals surface area contributed by atoms with Crippen LogP contribution in [0.3, 0.4) is 0 Å². The Morgan fingerprint density at radius 1 is 1.21 bits per heavy atom. The third-order valence-electron chi connectivity index (χ3n) is 4.58. The molecule has 3 rings (SSSR count). The van der Waals surface area contributed by atoms with Crippen molar-refractivity contribution in [1.29, 1.82) is 0 Å². The zero-order chi connectivity index (χ0) is 21.0. The van der Waals surface area contributed by atoms with E-state index in [9.17, 15) is 18.0 Å². The number of carbonyl (C=O) groups excluding carboxylic acids is 1. The second kappa shape index (κ2) is 8.63. The largest absolute Gasteiger partial charge is 0.416 e. The number of carbonyl (C=O) groups is 1. The Morgan fingerprint density at radius 2 is 1.93 bits per heavy atom. The number of benzene rings is 1. The van der Waals surface area contributed by atoms with E-state index in [2.05, 4.69) is 10.1 Å². The van der Waals surface area contributed by atoms with Gasteiger partial charge < -0.3 is 9.74 Å². The number of oxime groups is 1. The average molecular weight is 405 g/mol. The predicted octanol–water partition coefficient (Wildman–Crippen LogP) is 4.28. The van der Waals surface area contributed by atoms with Crippen LogP contribution in [0.2, 0.25) is 0 Å². The summed E-state index contributed by atoms with van der Waals surface area (Å²) in [4.78, 5) is 24.0. The Morgan fingerprint density at radius 3 is 2.52 bits per heavy atom. The summed E-state index contributed by atoms with van der Waals surface area (Å²) >= 11 is 0. The molecular formula is C21H22F3N3O2. The monoisotopic (exact) mass is 405 g/mol. The quantitative estimate of drug-likeness (QED) is 0.721. The molecule has 1 amide bonds. The lowest BCUT2D eigenvalue weighted by Gasteiger charge is -2.26. The minimum atomic E-state index is -4.39. The van der Waals surface area contributed by atoms with Gasteiger partial charge in [0.1, 0.15) is 5.71 Å². The van der Waals surface area contributed by atoms with Crippen molar-refractivity contribution in [2.75, 3.05) is 6.54 Å². The molecule has 2 aromatic rings. The predicted molar refractivity (Wildman–Crippen MR) is 102 cm³/mol. The molecule has 0 radical (unpaired) electrons. The van der Waals surface area contributed by atoms with Crippen molar-refractivity contribution >= 4 is 11.6 Å². The second-order valence-electron chi connectivity index (χ2n) is 7.25. The van der Waals surface area contributed by atoms with Crippen LogP contribution < -0.4 is 0 Å². The highest BCUT2D eigenvalue weighted by Gasteiger charge is 2.31. The van der Waals surface area contributed by atoms with Gasteiger partial charge in [-0.15, -0.1) is 0 Å². The smallest absolute Gasteiger partial charge is 0.390 e. The van der Waals surface area contributed by atoms with Crippen LogP contribution in [-0.2, 0) is 22.4 Å². The first kappa shape index (κ1) is 20.8. The van der Waals surface area contributed by atoms with Gasteiger partial charge in [0.2, 0.25) is 5.91 Å². The van der Waals surface area contributed by atoms with E-state index in [0.29, 0.717) is 17.7 Å². The standard InChI is InChI=1S/C21H22F3N3O2/c1-14(2)20(28)27(12-15-6-8-16(9-7-15)21(22,23)24)13-17-11-19(26-29-17)18-5-3-4-10-25-18/h3-10,14,17H,11-13H2,1-2H3/t17-/m0/s1. The molecule has 29 heavy (non-hydrogen) atoms. The van der Waals surface area contributed by atoms with E-state index in [4.69, 9.17) is 4.84 Å². The molecule has 154 valence electrons. The maximum absolute atomic E-state index is 12.8. The van der Waals surface area contributed by atoms with E-state index in [-0.39, 0.29) is 31.0 Å². The van der Waals surface area contributed by atoms with Crippen LogP contribution in [0.15, 0.2) is 53.8 Å². The van der Waals surface area contributed by atoms with Crippen LogP contribution in [0.25, 0.3) is 0 Å². The number of hydrogen-bond donors (Lipinski definition) is 0. The molecule has 0 N–H and O–H groups in total. The Bertz CT molecular complexity index is 865. The van der Waals surface area contributed by atoms with Gasteiger partial charge in [0.15, 0.2) is 6.10 Å². The van der Waals surface area contributed by atoms with E-state index in [0.717, 1.165) is 17.8 Å². The molecule has 2 heterocycles. The van der Waals surface area contributed by atoms with Crippen LogP contribution in [0.4, 0.5) is 13.2 Å². The van der Waals surface area contributed by atoms with Gasteiger partial charge in [-0.3, -0.25) is 9.78 Å². The number of rotatable bonds is 6. The van der Waals surface area contributed by atoms with E-state index in [1.807, 2.05) is 18.2 Å². The summed E-state index contributed by atoms with van der Waals surface area (Å²) in [5.41, 5.74) is 1.34.